The fourth-order valence-corrected chi connectivity index (χ4v) is 3.52. The van der Waals surface area contributed by atoms with Crippen LogP contribution in [-0.4, -0.2) is 9.97 Å². The molecule has 0 radical (unpaired) electrons. The molecule has 0 bridgehead atoms. The van der Waals surface area contributed by atoms with Crippen molar-refractivity contribution in [3.05, 3.63) is 83.8 Å². The third kappa shape index (κ3) is 2.54. The molecule has 4 rings (SSSR count). The molecule has 2 aromatic heterocycles. The lowest BCUT2D eigenvalue weighted by atomic mass is 9.92. The molecule has 2 heterocycles. The van der Waals surface area contributed by atoms with E-state index >= 15 is 0 Å². The second-order valence-corrected chi connectivity index (χ2v) is 6.46. The van der Waals surface area contributed by atoms with Crippen molar-refractivity contribution in [2.24, 2.45) is 0 Å². The van der Waals surface area contributed by atoms with Crippen LogP contribution in [0.2, 0.25) is 0 Å². The molecule has 0 aliphatic rings. The molecule has 1 atom stereocenters. The van der Waals surface area contributed by atoms with Gasteiger partial charge in [-0.15, -0.1) is 0 Å². The fourth-order valence-electron chi connectivity index (χ4n) is 3.52. The second-order valence-electron chi connectivity index (χ2n) is 6.46. The molecule has 0 aliphatic carbocycles. The summed E-state index contributed by atoms with van der Waals surface area (Å²) in [4.78, 5) is 9.24. The monoisotopic (exact) mass is 312 g/mol. The molecular weight excluding hydrogens is 292 g/mol. The van der Waals surface area contributed by atoms with Gasteiger partial charge in [-0.3, -0.25) is 9.97 Å². The molecule has 24 heavy (non-hydrogen) atoms. The Morgan fingerprint density at radius 2 is 1.62 bits per heavy atom. The number of rotatable bonds is 3. The zero-order valence-corrected chi connectivity index (χ0v) is 14.0. The van der Waals surface area contributed by atoms with Gasteiger partial charge in [0.1, 0.15) is 0 Å². The van der Waals surface area contributed by atoms with E-state index in [1.165, 1.54) is 33.0 Å². The summed E-state index contributed by atoms with van der Waals surface area (Å²) in [6.07, 6.45) is 4.81. The minimum atomic E-state index is 0.349. The molecular formula is C22H20N2. The number of benzene rings is 2. The van der Waals surface area contributed by atoms with Crippen molar-refractivity contribution in [2.45, 2.75) is 26.2 Å². The molecule has 0 saturated heterocycles. The van der Waals surface area contributed by atoms with Gasteiger partial charge in [0.25, 0.3) is 0 Å². The van der Waals surface area contributed by atoms with Crippen LogP contribution in [0.5, 0.6) is 0 Å². The van der Waals surface area contributed by atoms with Crippen molar-refractivity contribution < 1.29 is 0 Å². The van der Waals surface area contributed by atoms with Crippen LogP contribution >= 0.6 is 0 Å². The molecule has 2 heteroatoms. The van der Waals surface area contributed by atoms with Gasteiger partial charge in [0.2, 0.25) is 0 Å². The molecule has 0 N–H and O–H groups in total. The fraction of sp³-hybridized carbons (Fsp3) is 0.182. The van der Waals surface area contributed by atoms with E-state index in [-0.39, 0.29) is 0 Å². The number of pyridine rings is 2. The predicted octanol–water partition coefficient (Wildman–Crippen LogP) is 5.44. The van der Waals surface area contributed by atoms with Crippen molar-refractivity contribution in [1.82, 2.24) is 9.97 Å². The highest BCUT2D eigenvalue weighted by Crippen LogP contribution is 2.29. The molecule has 4 aromatic rings. The Labute approximate surface area is 142 Å². The molecule has 118 valence electrons. The number of aromatic nitrogens is 2. The van der Waals surface area contributed by atoms with E-state index < -0.39 is 0 Å². The number of aryl methyl sites for hydroxylation is 1. The lowest BCUT2D eigenvalue weighted by Crippen LogP contribution is -2.03. The van der Waals surface area contributed by atoms with Crippen LogP contribution in [0.15, 0.2) is 67.0 Å². The van der Waals surface area contributed by atoms with Crippen LogP contribution in [0.3, 0.4) is 0 Å². The number of hydrogen-bond acceptors (Lipinski definition) is 2. The molecule has 1 unspecified atom stereocenters. The van der Waals surface area contributed by atoms with E-state index in [0.29, 0.717) is 5.92 Å². The number of nitrogens with zero attached hydrogens (tertiary/aromatic N) is 2. The van der Waals surface area contributed by atoms with Crippen molar-refractivity contribution in [2.75, 3.05) is 0 Å². The van der Waals surface area contributed by atoms with Gasteiger partial charge in [0.05, 0.1) is 11.2 Å². The van der Waals surface area contributed by atoms with Gasteiger partial charge in [-0.25, -0.2) is 0 Å². The minimum Gasteiger partial charge on any atom is -0.260 e. The summed E-state index contributed by atoms with van der Waals surface area (Å²) in [5, 5.41) is 3.76. The van der Waals surface area contributed by atoms with Crippen LogP contribution in [0.4, 0.5) is 0 Å². The lowest BCUT2D eigenvalue weighted by Gasteiger charge is -2.15. The second kappa shape index (κ2) is 6.04. The maximum atomic E-state index is 4.68. The molecule has 2 nitrogen and oxygen atoms in total. The number of hydrogen-bond donors (Lipinski definition) is 0. The van der Waals surface area contributed by atoms with Gasteiger partial charge in [-0.2, -0.15) is 0 Å². The van der Waals surface area contributed by atoms with Crippen LogP contribution in [-0.2, 0) is 6.42 Å². The molecule has 2 aromatic carbocycles. The average Bonchev–Trinajstić information content (AvgIpc) is 2.62. The number of fused-ring (bicyclic) bond motifs is 2. The summed E-state index contributed by atoms with van der Waals surface area (Å²) in [7, 11) is 0. The predicted molar refractivity (Wildman–Crippen MR) is 100 cm³/mol. The highest BCUT2D eigenvalue weighted by atomic mass is 14.7. The van der Waals surface area contributed by atoms with Gasteiger partial charge >= 0.3 is 0 Å². The standard InChI is InChI=1S/C22H20N2/c1-15-6-5-9-20-18(11-13-23-21(15)20)14-16(2)22-19-8-4-3-7-17(19)10-12-24-22/h3-13,16H,14H2,1-2H3. The summed E-state index contributed by atoms with van der Waals surface area (Å²) < 4.78 is 0. The average molecular weight is 312 g/mol. The first-order valence-corrected chi connectivity index (χ1v) is 8.41. The highest BCUT2D eigenvalue weighted by molar-refractivity contribution is 5.86. The number of para-hydroxylation sites is 1. The first kappa shape index (κ1) is 14.8. The van der Waals surface area contributed by atoms with E-state index in [1.54, 1.807) is 0 Å². The minimum absolute atomic E-state index is 0.349. The molecule has 0 amide bonds. The maximum absolute atomic E-state index is 4.68. The summed E-state index contributed by atoms with van der Waals surface area (Å²) >= 11 is 0. The SMILES string of the molecule is Cc1cccc2c(CC(C)c3nccc4ccccc34)ccnc12. The van der Waals surface area contributed by atoms with Gasteiger partial charge in [0.15, 0.2) is 0 Å². The Morgan fingerprint density at radius 1 is 0.833 bits per heavy atom. The Hall–Kier alpha value is -2.74. The van der Waals surface area contributed by atoms with Crippen LogP contribution in [0.1, 0.15) is 29.7 Å². The first-order valence-electron chi connectivity index (χ1n) is 8.41. The summed E-state index contributed by atoms with van der Waals surface area (Å²) in [6.45, 7) is 4.38. The Morgan fingerprint density at radius 3 is 2.54 bits per heavy atom. The van der Waals surface area contributed by atoms with E-state index in [4.69, 9.17) is 0 Å². The Balaban J connectivity index is 1.77. The smallest absolute Gasteiger partial charge is 0.0733 e. The van der Waals surface area contributed by atoms with Gasteiger partial charge < -0.3 is 0 Å². The molecule has 0 aliphatic heterocycles. The normalized spacial score (nSPS) is 12.6. The molecule has 0 fully saturated rings. The van der Waals surface area contributed by atoms with Gasteiger partial charge in [-0.05, 0) is 42.0 Å². The zero-order chi connectivity index (χ0) is 16.5. The van der Waals surface area contributed by atoms with Gasteiger partial charge in [-0.1, -0.05) is 49.4 Å². The quantitative estimate of drug-likeness (QED) is 0.503. The van der Waals surface area contributed by atoms with Crippen molar-refractivity contribution in [3.63, 3.8) is 0 Å². The van der Waals surface area contributed by atoms with Crippen LogP contribution in [0.25, 0.3) is 21.7 Å². The van der Waals surface area contributed by atoms with Crippen molar-refractivity contribution in [3.8, 4) is 0 Å². The van der Waals surface area contributed by atoms with E-state index in [1.807, 2.05) is 12.4 Å². The Kier molecular flexibility index (Phi) is 3.73. The summed E-state index contributed by atoms with van der Waals surface area (Å²) in [5.74, 6) is 0.349. The zero-order valence-electron chi connectivity index (χ0n) is 14.0. The maximum Gasteiger partial charge on any atom is 0.0733 e. The topological polar surface area (TPSA) is 25.8 Å². The van der Waals surface area contributed by atoms with Crippen molar-refractivity contribution in [1.29, 1.82) is 0 Å². The van der Waals surface area contributed by atoms with Gasteiger partial charge in [0, 0.05) is 29.1 Å². The van der Waals surface area contributed by atoms with Crippen LogP contribution in [0, 0.1) is 6.92 Å². The third-order valence-electron chi connectivity index (χ3n) is 4.76. The van der Waals surface area contributed by atoms with Crippen molar-refractivity contribution >= 4 is 21.7 Å². The lowest BCUT2D eigenvalue weighted by molar-refractivity contribution is 0.742. The van der Waals surface area contributed by atoms with E-state index in [0.717, 1.165) is 11.9 Å². The van der Waals surface area contributed by atoms with Crippen LogP contribution < -0.4 is 0 Å². The molecule has 0 saturated carbocycles. The van der Waals surface area contributed by atoms with E-state index in [9.17, 15) is 0 Å². The largest absolute Gasteiger partial charge is 0.260 e. The molecule has 0 spiro atoms. The highest BCUT2D eigenvalue weighted by Gasteiger charge is 2.14. The third-order valence-corrected chi connectivity index (χ3v) is 4.76. The summed E-state index contributed by atoms with van der Waals surface area (Å²) in [6, 6.07) is 19.1. The first-order chi connectivity index (χ1) is 11.7. The Bertz CT molecular complexity index is 1020. The summed E-state index contributed by atoms with van der Waals surface area (Å²) in [5.41, 5.74) is 4.84. The van der Waals surface area contributed by atoms with E-state index in [2.05, 4.69) is 78.4 Å².